The molecule has 1 saturated carbocycles. The summed E-state index contributed by atoms with van der Waals surface area (Å²) in [5.41, 5.74) is 7.62. The van der Waals surface area contributed by atoms with Crippen LogP contribution in [0.3, 0.4) is 0 Å². The highest BCUT2D eigenvalue weighted by Gasteiger charge is 2.38. The molecule has 0 unspecified atom stereocenters. The van der Waals surface area contributed by atoms with E-state index in [-0.39, 0.29) is 36.2 Å². The lowest BCUT2D eigenvalue weighted by atomic mass is 9.68. The summed E-state index contributed by atoms with van der Waals surface area (Å²) in [5.74, 6) is -1.23. The van der Waals surface area contributed by atoms with Crippen molar-refractivity contribution < 1.29 is 18.0 Å². The van der Waals surface area contributed by atoms with Crippen molar-refractivity contribution in [2.45, 2.75) is 37.1 Å². The van der Waals surface area contributed by atoms with Crippen LogP contribution in [0.2, 0.25) is 5.02 Å². The van der Waals surface area contributed by atoms with Gasteiger partial charge in [0, 0.05) is 29.6 Å². The Morgan fingerprint density at radius 1 is 1.03 bits per heavy atom. The summed E-state index contributed by atoms with van der Waals surface area (Å²) in [6.07, 6.45) is 2.79. The maximum absolute atomic E-state index is 12.7. The van der Waals surface area contributed by atoms with Gasteiger partial charge in [-0.2, -0.15) is 0 Å². The summed E-state index contributed by atoms with van der Waals surface area (Å²) < 4.78 is 28.1. The molecule has 0 bridgehead atoms. The van der Waals surface area contributed by atoms with Crippen molar-refractivity contribution in [1.82, 2.24) is 9.62 Å². The van der Waals surface area contributed by atoms with Crippen molar-refractivity contribution >= 4 is 45.8 Å². The highest BCUT2D eigenvalue weighted by Crippen LogP contribution is 2.39. The van der Waals surface area contributed by atoms with Crippen LogP contribution in [0.5, 0.6) is 0 Å². The van der Waals surface area contributed by atoms with Crippen molar-refractivity contribution in [1.29, 1.82) is 0 Å². The Labute approximate surface area is 205 Å². The molecule has 2 amide bonds. The first kappa shape index (κ1) is 25.6. The third-order valence-electron chi connectivity index (χ3n) is 6.58. The summed E-state index contributed by atoms with van der Waals surface area (Å²) in [6.45, 7) is 0.288. The number of sulfonamides is 1. The van der Waals surface area contributed by atoms with Gasteiger partial charge in [-0.3, -0.25) is 14.5 Å². The minimum absolute atomic E-state index is 0. The van der Waals surface area contributed by atoms with Gasteiger partial charge in [0.2, 0.25) is 10.0 Å². The number of carbonyl (C=O) groups is 2. The summed E-state index contributed by atoms with van der Waals surface area (Å²) in [7, 11) is -3.67. The number of hydrogen-bond acceptors (Lipinski definition) is 5. The molecule has 2 aromatic rings. The third kappa shape index (κ3) is 5.25. The second-order valence-corrected chi connectivity index (χ2v) is 10.8. The number of rotatable bonds is 7. The molecule has 4 rings (SSSR count). The van der Waals surface area contributed by atoms with E-state index in [2.05, 4.69) is 4.72 Å². The molecule has 0 saturated heterocycles. The molecule has 0 atom stereocenters. The first-order chi connectivity index (χ1) is 15.2. The van der Waals surface area contributed by atoms with Gasteiger partial charge in [-0.1, -0.05) is 35.9 Å². The van der Waals surface area contributed by atoms with E-state index >= 15 is 0 Å². The average Bonchev–Trinajstić information content (AvgIpc) is 3.03. The van der Waals surface area contributed by atoms with E-state index in [0.29, 0.717) is 35.5 Å². The third-order valence-corrected chi connectivity index (χ3v) is 8.23. The first-order valence-electron chi connectivity index (χ1n) is 10.7. The van der Waals surface area contributed by atoms with Crippen LogP contribution in [0.4, 0.5) is 0 Å². The molecule has 2 aliphatic rings. The normalized spacial score (nSPS) is 22.7. The van der Waals surface area contributed by atoms with Crippen molar-refractivity contribution in [2.75, 3.05) is 18.8 Å². The Morgan fingerprint density at radius 2 is 1.64 bits per heavy atom. The number of hydrogen-bond donors (Lipinski definition) is 2. The Morgan fingerprint density at radius 3 is 2.18 bits per heavy atom. The number of benzene rings is 2. The molecule has 1 heterocycles. The van der Waals surface area contributed by atoms with Gasteiger partial charge in [-0.15, -0.1) is 12.4 Å². The molecule has 2 aromatic carbocycles. The highest BCUT2D eigenvalue weighted by molar-refractivity contribution is 7.89. The minimum atomic E-state index is -3.67. The molecule has 0 radical (unpaired) electrons. The smallest absolute Gasteiger partial charge is 0.261 e. The summed E-state index contributed by atoms with van der Waals surface area (Å²) in [5, 5.41) is 0.659. The van der Waals surface area contributed by atoms with E-state index in [9.17, 15) is 18.0 Å². The van der Waals surface area contributed by atoms with Gasteiger partial charge >= 0.3 is 0 Å². The average molecular weight is 512 g/mol. The molecular weight excluding hydrogens is 485 g/mol. The molecule has 3 N–H and O–H groups in total. The van der Waals surface area contributed by atoms with Crippen LogP contribution in [0.25, 0.3) is 0 Å². The van der Waals surface area contributed by atoms with Gasteiger partial charge in [-0.05, 0) is 55.5 Å². The predicted molar refractivity (Wildman–Crippen MR) is 130 cm³/mol. The molecular formula is C23H27Cl2N3O4S. The molecule has 1 aliphatic heterocycles. The fourth-order valence-corrected chi connectivity index (χ4v) is 6.16. The number of imide groups is 1. The van der Waals surface area contributed by atoms with Crippen LogP contribution in [0, 0.1) is 0 Å². The van der Waals surface area contributed by atoms with Gasteiger partial charge in [0.1, 0.15) is 0 Å². The lowest BCUT2D eigenvalue weighted by molar-refractivity contribution is 0.0664. The molecule has 7 nitrogen and oxygen atoms in total. The molecule has 1 aliphatic carbocycles. The highest BCUT2D eigenvalue weighted by atomic mass is 35.5. The van der Waals surface area contributed by atoms with E-state index in [4.69, 9.17) is 17.3 Å². The van der Waals surface area contributed by atoms with E-state index < -0.39 is 21.8 Å². The maximum Gasteiger partial charge on any atom is 0.261 e. The number of fused-ring (bicyclic) bond motifs is 1. The van der Waals surface area contributed by atoms with Gasteiger partial charge in [0.05, 0.1) is 16.9 Å². The number of nitrogens with one attached hydrogen (secondary N) is 1. The maximum atomic E-state index is 12.7. The van der Waals surface area contributed by atoms with Crippen LogP contribution in [0.1, 0.15) is 52.0 Å². The number of halogens is 2. The van der Waals surface area contributed by atoms with Crippen molar-refractivity contribution in [3.05, 3.63) is 70.2 Å². The Balaban J connectivity index is 0.00000306. The van der Waals surface area contributed by atoms with Crippen LogP contribution in [0.15, 0.2) is 48.5 Å². The second-order valence-electron chi connectivity index (χ2n) is 8.51. The van der Waals surface area contributed by atoms with E-state index in [1.165, 1.54) is 0 Å². The van der Waals surface area contributed by atoms with Crippen LogP contribution in [-0.4, -0.2) is 50.0 Å². The fourth-order valence-electron chi connectivity index (χ4n) is 4.68. The van der Waals surface area contributed by atoms with E-state index in [1.54, 1.807) is 24.3 Å². The second kappa shape index (κ2) is 10.1. The molecule has 0 aromatic heterocycles. The van der Waals surface area contributed by atoms with E-state index in [0.717, 1.165) is 23.3 Å². The Hall–Kier alpha value is -1.97. The standard InChI is InChI=1S/C23H26ClN3O4S.ClH/c24-17-5-3-4-16(14-17)23(15-25)10-8-18(9-11-23)26-32(30,31)13-12-27-21(28)19-6-1-2-7-20(19)22(27)29;/h1-7,14,18,26H,8-13,15,25H2;1H/t18-,23-;. The van der Waals surface area contributed by atoms with Gasteiger partial charge in [-0.25, -0.2) is 13.1 Å². The van der Waals surface area contributed by atoms with Crippen molar-refractivity contribution in [3.63, 3.8) is 0 Å². The number of amides is 2. The molecule has 178 valence electrons. The molecule has 10 heteroatoms. The van der Waals surface area contributed by atoms with E-state index in [1.807, 2.05) is 24.3 Å². The van der Waals surface area contributed by atoms with Gasteiger partial charge in [0.15, 0.2) is 0 Å². The molecule has 0 spiro atoms. The fraction of sp³-hybridized carbons (Fsp3) is 0.391. The topological polar surface area (TPSA) is 110 Å². The molecule has 1 fully saturated rings. The zero-order valence-corrected chi connectivity index (χ0v) is 20.4. The van der Waals surface area contributed by atoms with Gasteiger partial charge < -0.3 is 5.73 Å². The van der Waals surface area contributed by atoms with Crippen LogP contribution in [-0.2, 0) is 15.4 Å². The number of nitrogens with zero attached hydrogens (tertiary/aromatic N) is 1. The monoisotopic (exact) mass is 511 g/mol. The zero-order chi connectivity index (χ0) is 22.9. The summed E-state index contributed by atoms with van der Waals surface area (Å²) >= 11 is 6.15. The Bertz CT molecular complexity index is 1110. The number of carbonyl (C=O) groups excluding carboxylic acids is 2. The van der Waals surface area contributed by atoms with Crippen LogP contribution < -0.4 is 10.5 Å². The quantitative estimate of drug-likeness (QED) is 0.554. The van der Waals surface area contributed by atoms with Crippen LogP contribution >= 0.6 is 24.0 Å². The number of nitrogens with two attached hydrogens (primary N) is 1. The minimum Gasteiger partial charge on any atom is -0.330 e. The Kier molecular flexibility index (Phi) is 7.86. The summed E-state index contributed by atoms with van der Waals surface area (Å²) in [4.78, 5) is 25.9. The largest absolute Gasteiger partial charge is 0.330 e. The molecule has 33 heavy (non-hydrogen) atoms. The lowest BCUT2D eigenvalue weighted by Crippen LogP contribution is -2.46. The zero-order valence-electron chi connectivity index (χ0n) is 18.0. The van der Waals surface area contributed by atoms with Gasteiger partial charge in [0.25, 0.3) is 11.8 Å². The lowest BCUT2D eigenvalue weighted by Gasteiger charge is -2.40. The first-order valence-corrected chi connectivity index (χ1v) is 12.7. The SMILES string of the molecule is Cl.NC[C@]1(c2cccc(Cl)c2)CC[C@H](NS(=O)(=O)CCN2C(=O)c3ccccc3C2=O)CC1. The summed E-state index contributed by atoms with van der Waals surface area (Å²) in [6, 6.07) is 14.0. The van der Waals surface area contributed by atoms with Crippen molar-refractivity contribution in [2.24, 2.45) is 5.73 Å². The predicted octanol–water partition coefficient (Wildman–Crippen LogP) is 3.12. The van der Waals surface area contributed by atoms with Crippen molar-refractivity contribution in [3.8, 4) is 0 Å².